The van der Waals surface area contributed by atoms with E-state index in [2.05, 4.69) is 20.2 Å². The van der Waals surface area contributed by atoms with Crippen molar-refractivity contribution < 1.29 is 47.1 Å². The molecule has 0 unspecified atom stereocenters. The van der Waals surface area contributed by atoms with E-state index >= 15 is 0 Å². The minimum Gasteiger partial charge on any atom is -0.410 e. The van der Waals surface area contributed by atoms with Crippen molar-refractivity contribution in [2.45, 2.75) is 49.3 Å². The van der Waals surface area contributed by atoms with E-state index in [1.807, 2.05) is 0 Å². The summed E-state index contributed by atoms with van der Waals surface area (Å²) in [6, 6.07) is -1.16. The first-order valence-corrected chi connectivity index (χ1v) is 14.1. The average molecular weight is 615 g/mol. The second-order valence-electron chi connectivity index (χ2n) is 9.43. The molecule has 2 atom stereocenters. The van der Waals surface area contributed by atoms with Gasteiger partial charge in [-0.2, -0.15) is 13.2 Å². The standard InChI is InChI=1S/C23H21F3N6O7S2/c24-23(25,26)21(37)39-20(36)15-10(6-9-2-1-5-31(17(9)34)11-3-4-11)7-40-19-14(18(35)32(15)19)29-16(33)13(30-38)12-8-41-22(27)28-12/h6,8,11,14,19,38H,1-5,7H2,(H2,27,28)(H,29,33)/b9-6?,30-13-/t14-,19-/m1/s1. The predicted octanol–water partition coefficient (Wildman–Crippen LogP) is 0.901. The molecule has 1 aromatic heterocycles. The molecule has 2 saturated heterocycles. The van der Waals surface area contributed by atoms with Gasteiger partial charge < -0.3 is 25.9 Å². The quantitative estimate of drug-likeness (QED) is 0.0791. The molecule has 41 heavy (non-hydrogen) atoms. The van der Waals surface area contributed by atoms with E-state index in [-0.39, 0.29) is 34.1 Å². The molecule has 4 heterocycles. The minimum atomic E-state index is -5.48. The summed E-state index contributed by atoms with van der Waals surface area (Å²) in [7, 11) is 0. The maximum Gasteiger partial charge on any atom is 0.491 e. The van der Waals surface area contributed by atoms with Gasteiger partial charge in [-0.1, -0.05) is 5.16 Å². The number of ether oxygens (including phenoxy) is 1. The predicted molar refractivity (Wildman–Crippen MR) is 136 cm³/mol. The van der Waals surface area contributed by atoms with E-state index in [1.54, 1.807) is 4.90 Å². The number of aromatic nitrogens is 1. The summed E-state index contributed by atoms with van der Waals surface area (Å²) in [5.74, 6) is -6.72. The number of thioether (sulfide) groups is 1. The molecule has 5 rings (SSSR count). The number of hydrogen-bond acceptors (Lipinski definition) is 12. The van der Waals surface area contributed by atoms with Crippen LogP contribution in [0.3, 0.4) is 0 Å². The molecule has 13 nitrogen and oxygen atoms in total. The third-order valence-corrected chi connectivity index (χ3v) is 8.67. The molecule has 0 bridgehead atoms. The zero-order chi connectivity index (χ0) is 29.6. The zero-order valence-electron chi connectivity index (χ0n) is 20.8. The van der Waals surface area contributed by atoms with Gasteiger partial charge in [0, 0.05) is 29.3 Å². The maximum atomic E-state index is 13.1. The van der Waals surface area contributed by atoms with Gasteiger partial charge in [-0.15, -0.1) is 23.1 Å². The lowest BCUT2D eigenvalue weighted by molar-refractivity contribution is -0.201. The van der Waals surface area contributed by atoms with Gasteiger partial charge in [0.05, 0.1) is 0 Å². The van der Waals surface area contributed by atoms with Crippen molar-refractivity contribution in [3.05, 3.63) is 34.0 Å². The Balaban J connectivity index is 1.42. The molecule has 218 valence electrons. The number of β-lactam (4-membered cyclic amide) rings is 1. The largest absolute Gasteiger partial charge is 0.491 e. The number of likely N-dealkylation sites (tertiary alicyclic amines) is 1. The number of rotatable bonds is 6. The zero-order valence-corrected chi connectivity index (χ0v) is 22.5. The molecular weight excluding hydrogens is 593 g/mol. The highest BCUT2D eigenvalue weighted by atomic mass is 32.2. The second kappa shape index (κ2) is 10.8. The lowest BCUT2D eigenvalue weighted by atomic mass is 9.98. The van der Waals surface area contributed by atoms with Crippen LogP contribution >= 0.6 is 23.1 Å². The first kappa shape index (κ1) is 28.6. The number of anilines is 1. The minimum absolute atomic E-state index is 0.0286. The first-order valence-electron chi connectivity index (χ1n) is 12.2. The van der Waals surface area contributed by atoms with Crippen molar-refractivity contribution in [1.82, 2.24) is 20.1 Å². The maximum absolute atomic E-state index is 13.1. The number of allylic oxidation sites excluding steroid dienone is 1. The van der Waals surface area contributed by atoms with E-state index in [4.69, 9.17) is 5.73 Å². The Bertz CT molecular complexity index is 1430. The summed E-state index contributed by atoms with van der Waals surface area (Å²) in [5.41, 5.74) is 4.65. The highest BCUT2D eigenvalue weighted by Crippen LogP contribution is 2.42. The number of hydrogen-bond donors (Lipinski definition) is 3. The van der Waals surface area contributed by atoms with Gasteiger partial charge in [-0.25, -0.2) is 14.6 Å². The van der Waals surface area contributed by atoms with Crippen LogP contribution in [0.15, 0.2) is 33.5 Å². The molecule has 1 saturated carbocycles. The first-order chi connectivity index (χ1) is 19.4. The van der Waals surface area contributed by atoms with Crippen LogP contribution in [0, 0.1) is 0 Å². The number of nitrogens with zero attached hydrogens (tertiary/aromatic N) is 4. The number of nitrogens with two attached hydrogens (primary N) is 1. The third kappa shape index (κ3) is 5.52. The number of amides is 3. The van der Waals surface area contributed by atoms with E-state index in [0.29, 0.717) is 25.0 Å². The summed E-state index contributed by atoms with van der Waals surface area (Å²) >= 11 is 2.03. The number of nitrogen functional groups attached to an aromatic ring is 1. The Morgan fingerprint density at radius 1 is 1.27 bits per heavy atom. The van der Waals surface area contributed by atoms with Gasteiger partial charge in [0.25, 0.3) is 11.8 Å². The molecule has 3 fully saturated rings. The molecule has 4 aliphatic rings. The van der Waals surface area contributed by atoms with Crippen LogP contribution in [0.5, 0.6) is 0 Å². The average Bonchev–Trinajstić information content (AvgIpc) is 3.68. The molecule has 0 spiro atoms. The molecule has 4 N–H and O–H groups in total. The molecule has 18 heteroatoms. The number of halogens is 3. The SMILES string of the molecule is Nc1nc(/C(=N/O)C(=O)N[C@@H]2C(=O)N3C(C(=O)OC(=O)C(F)(F)F)=C(C=C4CCCN(C5CC5)C4=O)CS[C@H]23)cs1. The molecule has 3 amide bonds. The fraction of sp³-hybridized carbons (Fsp3) is 0.435. The van der Waals surface area contributed by atoms with Crippen molar-refractivity contribution in [2.75, 3.05) is 18.0 Å². The van der Waals surface area contributed by atoms with E-state index in [0.717, 1.165) is 40.8 Å². The number of alkyl halides is 3. The second-order valence-corrected chi connectivity index (χ2v) is 11.4. The van der Waals surface area contributed by atoms with Crippen molar-refractivity contribution in [3.63, 3.8) is 0 Å². The number of carbonyl (C=O) groups excluding carboxylic acids is 5. The van der Waals surface area contributed by atoms with E-state index < -0.39 is 52.8 Å². The van der Waals surface area contributed by atoms with Crippen molar-refractivity contribution >= 4 is 63.6 Å². The van der Waals surface area contributed by atoms with E-state index in [1.165, 1.54) is 11.5 Å². The highest BCUT2D eigenvalue weighted by Gasteiger charge is 2.55. The topological polar surface area (TPSA) is 185 Å². The number of fused-ring (bicyclic) bond motifs is 1. The summed E-state index contributed by atoms with van der Waals surface area (Å²) in [6.07, 6.45) is -1.40. The molecule has 1 aliphatic carbocycles. The molecule has 0 aromatic carbocycles. The smallest absolute Gasteiger partial charge is 0.410 e. The number of carbonyl (C=O) groups is 5. The van der Waals surface area contributed by atoms with Gasteiger partial charge in [-0.3, -0.25) is 19.3 Å². The number of esters is 2. The lowest BCUT2D eigenvalue weighted by Gasteiger charge is -2.49. The fourth-order valence-electron chi connectivity index (χ4n) is 4.66. The Morgan fingerprint density at radius 3 is 2.61 bits per heavy atom. The van der Waals surface area contributed by atoms with Crippen LogP contribution in [0.4, 0.5) is 18.3 Å². The Hall–Kier alpha value is -3.93. The van der Waals surface area contributed by atoms with Crippen LogP contribution in [0.1, 0.15) is 31.4 Å². The normalized spacial score (nSPS) is 24.3. The Morgan fingerprint density at radius 2 is 2.00 bits per heavy atom. The Labute approximate surface area is 237 Å². The van der Waals surface area contributed by atoms with Gasteiger partial charge in [-0.05, 0) is 37.3 Å². The van der Waals surface area contributed by atoms with Crippen LogP contribution in [0.25, 0.3) is 0 Å². The van der Waals surface area contributed by atoms with Crippen LogP contribution < -0.4 is 11.1 Å². The third-order valence-electron chi connectivity index (χ3n) is 6.69. The Kier molecular flexibility index (Phi) is 7.54. The van der Waals surface area contributed by atoms with Crippen LogP contribution in [-0.2, 0) is 28.7 Å². The number of nitrogens with one attached hydrogen (secondary N) is 1. The fourth-order valence-corrected chi connectivity index (χ4v) is 6.52. The highest BCUT2D eigenvalue weighted by molar-refractivity contribution is 8.00. The van der Waals surface area contributed by atoms with E-state index in [9.17, 15) is 42.4 Å². The summed E-state index contributed by atoms with van der Waals surface area (Å²) in [4.78, 5) is 69.6. The molecule has 3 aliphatic heterocycles. The molecule has 1 aromatic rings. The summed E-state index contributed by atoms with van der Waals surface area (Å²) in [5, 5.41) is 15.0. The van der Waals surface area contributed by atoms with Gasteiger partial charge in [0.1, 0.15) is 22.8 Å². The summed E-state index contributed by atoms with van der Waals surface area (Å²) < 4.78 is 42.6. The summed E-state index contributed by atoms with van der Waals surface area (Å²) in [6.45, 7) is 0.560. The van der Waals surface area contributed by atoms with Crippen molar-refractivity contribution in [3.8, 4) is 0 Å². The van der Waals surface area contributed by atoms with Gasteiger partial charge in [0.2, 0.25) is 5.91 Å². The van der Waals surface area contributed by atoms with Gasteiger partial charge >= 0.3 is 18.1 Å². The number of oxime groups is 1. The monoisotopic (exact) mass is 614 g/mol. The molecule has 0 radical (unpaired) electrons. The van der Waals surface area contributed by atoms with Crippen molar-refractivity contribution in [1.29, 1.82) is 0 Å². The van der Waals surface area contributed by atoms with Crippen LogP contribution in [0.2, 0.25) is 0 Å². The van der Waals surface area contributed by atoms with Gasteiger partial charge in [0.15, 0.2) is 10.8 Å². The number of thiazole rings is 1. The van der Waals surface area contributed by atoms with Crippen molar-refractivity contribution in [2.24, 2.45) is 5.16 Å². The van der Waals surface area contributed by atoms with Crippen LogP contribution in [-0.4, -0.2) is 91.3 Å². The lowest BCUT2D eigenvalue weighted by Crippen LogP contribution is -2.71. The number of piperidine rings is 1. The molecular formula is C23H21F3N6O7S2.